The first-order chi connectivity index (χ1) is 10.1. The molecule has 2 heterocycles. The largest absolute Gasteiger partial charge is 0.478 e. The zero-order valence-electron chi connectivity index (χ0n) is 12.2. The summed E-state index contributed by atoms with van der Waals surface area (Å²) >= 11 is 0. The minimum Gasteiger partial charge on any atom is -0.478 e. The van der Waals surface area contributed by atoms with Gasteiger partial charge in [-0.2, -0.15) is 0 Å². The molecule has 0 aliphatic carbocycles. The average molecular weight is 291 g/mol. The van der Waals surface area contributed by atoms with Gasteiger partial charge in [0.1, 0.15) is 5.60 Å². The third-order valence-corrected chi connectivity index (χ3v) is 4.50. The highest BCUT2D eigenvalue weighted by Crippen LogP contribution is 2.37. The summed E-state index contributed by atoms with van der Waals surface area (Å²) in [5.41, 5.74) is 1.18. The summed E-state index contributed by atoms with van der Waals surface area (Å²) in [6, 6.07) is 7.12. The van der Waals surface area contributed by atoms with Crippen LogP contribution in [0.1, 0.15) is 28.8 Å². The fourth-order valence-corrected chi connectivity index (χ4v) is 3.51. The number of likely N-dealkylation sites (tertiary alicyclic amines) is 1. The van der Waals surface area contributed by atoms with E-state index >= 15 is 0 Å². The second-order valence-corrected chi connectivity index (χ2v) is 5.92. The number of carboxylic acid groups (broad SMARTS) is 1. The molecule has 2 saturated heterocycles. The van der Waals surface area contributed by atoms with E-state index in [9.17, 15) is 4.79 Å². The molecule has 21 heavy (non-hydrogen) atoms. The number of rotatable bonds is 4. The van der Waals surface area contributed by atoms with E-state index in [0.717, 1.165) is 44.6 Å². The van der Waals surface area contributed by atoms with Crippen LogP contribution in [-0.4, -0.2) is 54.5 Å². The van der Waals surface area contributed by atoms with E-state index < -0.39 is 5.97 Å². The molecule has 3 rings (SSSR count). The van der Waals surface area contributed by atoms with Crippen molar-refractivity contribution < 1.29 is 19.4 Å². The molecule has 1 N–H and O–H groups in total. The number of benzene rings is 1. The van der Waals surface area contributed by atoms with E-state index in [1.165, 1.54) is 0 Å². The third kappa shape index (κ3) is 2.81. The maximum atomic E-state index is 11.0. The smallest absolute Gasteiger partial charge is 0.335 e. The maximum Gasteiger partial charge on any atom is 0.335 e. The fourth-order valence-electron chi connectivity index (χ4n) is 3.51. The molecule has 0 radical (unpaired) electrons. The van der Waals surface area contributed by atoms with Gasteiger partial charge in [0.05, 0.1) is 11.7 Å². The fraction of sp³-hybridized carbons (Fsp3) is 0.562. The van der Waals surface area contributed by atoms with E-state index in [-0.39, 0.29) is 11.7 Å². The highest BCUT2D eigenvalue weighted by Gasteiger charge is 2.49. The summed E-state index contributed by atoms with van der Waals surface area (Å²) in [4.78, 5) is 13.3. The Morgan fingerprint density at radius 1 is 1.57 bits per heavy atom. The first-order valence-corrected chi connectivity index (χ1v) is 7.34. The number of hydrogen-bond donors (Lipinski definition) is 1. The molecule has 0 unspecified atom stereocenters. The van der Waals surface area contributed by atoms with Gasteiger partial charge in [-0.15, -0.1) is 0 Å². The molecule has 2 aliphatic heterocycles. The van der Waals surface area contributed by atoms with Crippen LogP contribution in [-0.2, 0) is 16.0 Å². The average Bonchev–Trinajstić information content (AvgIpc) is 3.07. The van der Waals surface area contributed by atoms with Crippen molar-refractivity contribution in [1.82, 2.24) is 4.90 Å². The van der Waals surface area contributed by atoms with E-state index in [2.05, 4.69) is 4.90 Å². The lowest BCUT2D eigenvalue weighted by molar-refractivity contribution is -0.0756. The first-order valence-electron chi connectivity index (χ1n) is 7.34. The van der Waals surface area contributed by atoms with Crippen LogP contribution in [0.2, 0.25) is 0 Å². The zero-order chi connectivity index (χ0) is 14.9. The predicted molar refractivity (Wildman–Crippen MR) is 77.4 cm³/mol. The van der Waals surface area contributed by atoms with E-state index in [4.69, 9.17) is 14.6 Å². The van der Waals surface area contributed by atoms with Gasteiger partial charge < -0.3 is 14.6 Å². The predicted octanol–water partition coefficient (Wildman–Crippen LogP) is 1.76. The highest BCUT2D eigenvalue weighted by atomic mass is 16.6. The minimum absolute atomic E-state index is 0.0997. The molecule has 114 valence electrons. The number of aromatic carboxylic acids is 1. The molecule has 0 bridgehead atoms. The monoisotopic (exact) mass is 291 g/mol. The second-order valence-electron chi connectivity index (χ2n) is 5.92. The summed E-state index contributed by atoms with van der Waals surface area (Å²) in [5.74, 6) is -0.886. The van der Waals surface area contributed by atoms with Gasteiger partial charge in [0.2, 0.25) is 0 Å². The van der Waals surface area contributed by atoms with Gasteiger partial charge in [0.25, 0.3) is 0 Å². The SMILES string of the molecule is CO[C@H]1CN(Cc2cccc(C(=O)O)c2)C[C@@]12CCCO2. The summed E-state index contributed by atoms with van der Waals surface area (Å²) in [6.45, 7) is 3.21. The number of ether oxygens (including phenoxy) is 2. The molecule has 1 spiro atoms. The Morgan fingerprint density at radius 3 is 3.10 bits per heavy atom. The molecule has 2 atom stereocenters. The van der Waals surface area contributed by atoms with Crippen LogP contribution in [0, 0.1) is 0 Å². The minimum atomic E-state index is -0.886. The number of nitrogens with zero attached hydrogens (tertiary/aromatic N) is 1. The lowest BCUT2D eigenvalue weighted by Crippen LogP contribution is -2.41. The normalized spacial score (nSPS) is 29.3. The molecule has 0 saturated carbocycles. The Morgan fingerprint density at radius 2 is 2.43 bits per heavy atom. The van der Waals surface area contributed by atoms with Crippen molar-refractivity contribution >= 4 is 5.97 Å². The van der Waals surface area contributed by atoms with Gasteiger partial charge in [-0.25, -0.2) is 4.79 Å². The Balaban J connectivity index is 1.71. The topological polar surface area (TPSA) is 59.0 Å². The maximum absolute atomic E-state index is 11.0. The van der Waals surface area contributed by atoms with E-state index in [1.807, 2.05) is 6.07 Å². The molecule has 1 aromatic carbocycles. The van der Waals surface area contributed by atoms with Crippen molar-refractivity contribution in [3.05, 3.63) is 35.4 Å². The first kappa shape index (κ1) is 14.5. The lowest BCUT2D eigenvalue weighted by atomic mass is 9.96. The van der Waals surface area contributed by atoms with Crippen LogP contribution in [0.15, 0.2) is 24.3 Å². The standard InChI is InChI=1S/C16H21NO4/c1-20-14-10-17(11-16(14)6-3-7-21-16)9-12-4-2-5-13(8-12)15(18)19/h2,4-5,8,14H,3,6-7,9-11H2,1H3,(H,18,19)/t14-,16-/m0/s1. The van der Waals surface area contributed by atoms with Crippen molar-refractivity contribution in [2.45, 2.75) is 31.1 Å². The summed E-state index contributed by atoms with van der Waals surface area (Å²) < 4.78 is 11.6. The summed E-state index contributed by atoms with van der Waals surface area (Å²) in [5, 5.41) is 9.06. The lowest BCUT2D eigenvalue weighted by Gasteiger charge is -2.28. The van der Waals surface area contributed by atoms with E-state index in [0.29, 0.717) is 5.56 Å². The van der Waals surface area contributed by atoms with Crippen molar-refractivity contribution in [2.75, 3.05) is 26.8 Å². The van der Waals surface area contributed by atoms with Crippen molar-refractivity contribution in [3.8, 4) is 0 Å². The van der Waals surface area contributed by atoms with Crippen LogP contribution in [0.4, 0.5) is 0 Å². The second kappa shape index (κ2) is 5.75. The van der Waals surface area contributed by atoms with E-state index in [1.54, 1.807) is 25.3 Å². The third-order valence-electron chi connectivity index (χ3n) is 4.50. The van der Waals surface area contributed by atoms with Crippen LogP contribution < -0.4 is 0 Å². The Kier molecular flexibility index (Phi) is 3.97. The van der Waals surface area contributed by atoms with Crippen LogP contribution >= 0.6 is 0 Å². The Hall–Kier alpha value is -1.43. The molecule has 2 aliphatic rings. The van der Waals surface area contributed by atoms with Gasteiger partial charge in [0.15, 0.2) is 0 Å². The van der Waals surface area contributed by atoms with Gasteiger partial charge in [-0.3, -0.25) is 4.90 Å². The van der Waals surface area contributed by atoms with Gasteiger partial charge in [-0.05, 0) is 30.5 Å². The van der Waals surface area contributed by atoms with Gasteiger partial charge in [-0.1, -0.05) is 12.1 Å². The van der Waals surface area contributed by atoms with Crippen LogP contribution in [0.5, 0.6) is 0 Å². The summed E-state index contributed by atoms with van der Waals surface area (Å²) in [6.07, 6.45) is 2.22. The van der Waals surface area contributed by atoms with Crippen molar-refractivity contribution in [1.29, 1.82) is 0 Å². The number of carboxylic acids is 1. The molecular weight excluding hydrogens is 270 g/mol. The van der Waals surface area contributed by atoms with Crippen molar-refractivity contribution in [2.24, 2.45) is 0 Å². The quantitative estimate of drug-likeness (QED) is 0.916. The Labute approximate surface area is 124 Å². The zero-order valence-corrected chi connectivity index (χ0v) is 12.2. The Bertz CT molecular complexity index is 525. The molecule has 5 nitrogen and oxygen atoms in total. The molecule has 1 aromatic rings. The molecule has 5 heteroatoms. The molecule has 0 amide bonds. The number of methoxy groups -OCH3 is 1. The number of hydrogen-bond acceptors (Lipinski definition) is 4. The summed E-state index contributed by atoms with van der Waals surface area (Å²) in [7, 11) is 1.74. The number of carbonyl (C=O) groups is 1. The van der Waals surface area contributed by atoms with Gasteiger partial charge in [0, 0.05) is 33.4 Å². The molecule has 2 fully saturated rings. The molecular formula is C16H21NO4. The highest BCUT2D eigenvalue weighted by molar-refractivity contribution is 5.87. The van der Waals surface area contributed by atoms with Crippen LogP contribution in [0.25, 0.3) is 0 Å². The van der Waals surface area contributed by atoms with Crippen LogP contribution in [0.3, 0.4) is 0 Å². The molecule has 0 aromatic heterocycles. The van der Waals surface area contributed by atoms with Gasteiger partial charge >= 0.3 is 5.97 Å². The van der Waals surface area contributed by atoms with Crippen molar-refractivity contribution in [3.63, 3.8) is 0 Å².